The number of aromatic amines is 1. The Kier molecular flexibility index (Phi) is 4.67. The summed E-state index contributed by atoms with van der Waals surface area (Å²) >= 11 is 6.46. The van der Waals surface area contributed by atoms with E-state index in [9.17, 15) is 0 Å². The van der Waals surface area contributed by atoms with E-state index in [1.807, 2.05) is 30.7 Å². The van der Waals surface area contributed by atoms with Gasteiger partial charge in [-0.2, -0.15) is 0 Å². The second-order valence-electron chi connectivity index (χ2n) is 6.44. The molecule has 0 aliphatic heterocycles. The van der Waals surface area contributed by atoms with E-state index in [0.29, 0.717) is 5.15 Å². The number of nitrogens with one attached hydrogen (secondary N) is 1. The van der Waals surface area contributed by atoms with Crippen molar-refractivity contribution >= 4 is 22.6 Å². The van der Waals surface area contributed by atoms with Crippen LogP contribution in [0, 0.1) is 6.92 Å². The topological polar surface area (TPSA) is 54.5 Å². The summed E-state index contributed by atoms with van der Waals surface area (Å²) in [5, 5.41) is 1.70. The summed E-state index contributed by atoms with van der Waals surface area (Å²) < 4.78 is 0. The molecule has 0 fully saturated rings. The van der Waals surface area contributed by atoms with Gasteiger partial charge in [0.15, 0.2) is 0 Å². The lowest BCUT2D eigenvalue weighted by Gasteiger charge is -2.07. The predicted octanol–water partition coefficient (Wildman–Crippen LogP) is 4.69. The van der Waals surface area contributed by atoms with Crippen molar-refractivity contribution in [2.45, 2.75) is 26.2 Å². The highest BCUT2D eigenvalue weighted by atomic mass is 35.5. The molecule has 26 heavy (non-hydrogen) atoms. The van der Waals surface area contributed by atoms with E-state index < -0.39 is 0 Å². The zero-order valence-electron chi connectivity index (χ0n) is 14.5. The van der Waals surface area contributed by atoms with Gasteiger partial charge in [0, 0.05) is 42.3 Å². The average Bonchev–Trinajstić information content (AvgIpc) is 3.06. The highest BCUT2D eigenvalue weighted by Crippen LogP contribution is 2.23. The molecular formula is C21H19ClN4. The Hall–Kier alpha value is -2.72. The van der Waals surface area contributed by atoms with Crippen LogP contribution in [0.25, 0.3) is 11.0 Å². The van der Waals surface area contributed by atoms with E-state index in [1.54, 1.807) is 6.20 Å². The van der Waals surface area contributed by atoms with Gasteiger partial charge in [-0.05, 0) is 66.3 Å². The van der Waals surface area contributed by atoms with Crippen molar-refractivity contribution in [1.29, 1.82) is 0 Å². The monoisotopic (exact) mass is 362 g/mol. The number of fused-ring (bicyclic) bond motifs is 1. The zero-order chi connectivity index (χ0) is 17.9. The molecule has 4 heterocycles. The number of aromatic nitrogens is 4. The fourth-order valence-electron chi connectivity index (χ4n) is 3.16. The fourth-order valence-corrected chi connectivity index (χ4v) is 3.40. The van der Waals surface area contributed by atoms with Gasteiger partial charge in [-0.1, -0.05) is 17.7 Å². The Balaban J connectivity index is 1.50. The number of aryl methyl sites for hydroxylation is 3. The number of rotatable bonds is 5. The lowest BCUT2D eigenvalue weighted by atomic mass is 10.0. The fraction of sp³-hybridized carbons (Fsp3) is 0.190. The minimum Gasteiger partial charge on any atom is -0.346 e. The van der Waals surface area contributed by atoms with Gasteiger partial charge < -0.3 is 4.98 Å². The minimum atomic E-state index is 0.573. The van der Waals surface area contributed by atoms with Gasteiger partial charge in [-0.3, -0.25) is 4.98 Å². The molecule has 4 aromatic rings. The third-order valence-electron chi connectivity index (χ3n) is 4.70. The summed E-state index contributed by atoms with van der Waals surface area (Å²) in [6.07, 6.45) is 10.0. The van der Waals surface area contributed by atoms with Crippen LogP contribution in [0.2, 0.25) is 5.15 Å². The smallest absolute Gasteiger partial charge is 0.137 e. The van der Waals surface area contributed by atoms with E-state index in [0.717, 1.165) is 41.6 Å². The molecule has 5 heteroatoms. The maximum Gasteiger partial charge on any atom is 0.137 e. The normalized spacial score (nSPS) is 11.2. The van der Waals surface area contributed by atoms with E-state index in [4.69, 9.17) is 11.6 Å². The number of halogens is 1. The molecule has 0 aliphatic rings. The summed E-state index contributed by atoms with van der Waals surface area (Å²) in [6.45, 7) is 2.11. The van der Waals surface area contributed by atoms with Crippen LogP contribution in [-0.2, 0) is 19.3 Å². The Bertz CT molecular complexity index is 1050. The Morgan fingerprint density at radius 3 is 2.77 bits per heavy atom. The second kappa shape index (κ2) is 7.26. The van der Waals surface area contributed by atoms with Crippen LogP contribution in [0.3, 0.4) is 0 Å². The molecular weight excluding hydrogens is 344 g/mol. The molecule has 4 aromatic heterocycles. The molecule has 0 unspecified atom stereocenters. The molecule has 1 N–H and O–H groups in total. The summed E-state index contributed by atoms with van der Waals surface area (Å²) in [5.74, 6) is 0. The van der Waals surface area contributed by atoms with Crippen molar-refractivity contribution in [2.75, 3.05) is 0 Å². The van der Waals surface area contributed by atoms with E-state index in [-0.39, 0.29) is 0 Å². The molecule has 4 nitrogen and oxygen atoms in total. The lowest BCUT2D eigenvalue weighted by molar-refractivity contribution is 0.894. The van der Waals surface area contributed by atoms with E-state index in [2.05, 4.69) is 45.1 Å². The summed E-state index contributed by atoms with van der Waals surface area (Å²) in [7, 11) is 0. The van der Waals surface area contributed by atoms with Crippen molar-refractivity contribution in [2.24, 2.45) is 0 Å². The van der Waals surface area contributed by atoms with Gasteiger partial charge in [0.05, 0.1) is 0 Å². The quantitative estimate of drug-likeness (QED) is 0.524. The van der Waals surface area contributed by atoms with Crippen LogP contribution < -0.4 is 0 Å². The van der Waals surface area contributed by atoms with Crippen LogP contribution in [0.15, 0.2) is 55.1 Å². The first-order valence-electron chi connectivity index (χ1n) is 8.65. The number of H-pyrrole nitrogens is 1. The van der Waals surface area contributed by atoms with Gasteiger partial charge in [0.1, 0.15) is 10.8 Å². The van der Waals surface area contributed by atoms with Crippen molar-refractivity contribution in [3.8, 4) is 0 Å². The van der Waals surface area contributed by atoms with E-state index >= 15 is 0 Å². The third kappa shape index (κ3) is 3.46. The molecule has 0 atom stereocenters. The maximum absolute atomic E-state index is 6.46. The number of hydrogen-bond acceptors (Lipinski definition) is 3. The molecule has 130 valence electrons. The lowest BCUT2D eigenvalue weighted by Crippen LogP contribution is -1.99. The van der Waals surface area contributed by atoms with Gasteiger partial charge in [-0.25, -0.2) is 9.97 Å². The number of hydrogen-bond donors (Lipinski definition) is 1. The van der Waals surface area contributed by atoms with Crippen molar-refractivity contribution in [3.63, 3.8) is 0 Å². The largest absolute Gasteiger partial charge is 0.346 e. The van der Waals surface area contributed by atoms with Crippen LogP contribution in [0.5, 0.6) is 0 Å². The Morgan fingerprint density at radius 1 is 1.00 bits per heavy atom. The average molecular weight is 363 g/mol. The number of pyridine rings is 3. The van der Waals surface area contributed by atoms with Crippen LogP contribution in [-0.4, -0.2) is 19.9 Å². The van der Waals surface area contributed by atoms with Gasteiger partial charge in [0.2, 0.25) is 0 Å². The van der Waals surface area contributed by atoms with Crippen LogP contribution in [0.4, 0.5) is 0 Å². The number of nitrogens with zero attached hydrogens (tertiary/aromatic N) is 3. The van der Waals surface area contributed by atoms with Gasteiger partial charge >= 0.3 is 0 Å². The second-order valence-corrected chi connectivity index (χ2v) is 6.80. The molecule has 0 saturated heterocycles. The van der Waals surface area contributed by atoms with Gasteiger partial charge in [-0.15, -0.1) is 0 Å². The van der Waals surface area contributed by atoms with Crippen molar-refractivity contribution in [1.82, 2.24) is 19.9 Å². The molecule has 0 aliphatic carbocycles. The first kappa shape index (κ1) is 16.7. The Morgan fingerprint density at radius 2 is 1.92 bits per heavy atom. The Labute approximate surface area is 157 Å². The molecule has 0 spiro atoms. The highest BCUT2D eigenvalue weighted by Gasteiger charge is 2.10. The van der Waals surface area contributed by atoms with Crippen LogP contribution in [0.1, 0.15) is 27.9 Å². The van der Waals surface area contributed by atoms with Crippen LogP contribution >= 0.6 is 11.6 Å². The first-order valence-corrected chi connectivity index (χ1v) is 9.03. The minimum absolute atomic E-state index is 0.573. The van der Waals surface area contributed by atoms with E-state index in [1.165, 1.54) is 16.7 Å². The molecule has 0 aromatic carbocycles. The molecule has 0 saturated carbocycles. The van der Waals surface area contributed by atoms with Gasteiger partial charge in [0.25, 0.3) is 0 Å². The van der Waals surface area contributed by atoms with Crippen molar-refractivity contribution in [3.05, 3.63) is 88.2 Å². The molecule has 0 amide bonds. The zero-order valence-corrected chi connectivity index (χ0v) is 15.3. The predicted molar refractivity (Wildman–Crippen MR) is 105 cm³/mol. The molecule has 4 rings (SSSR count). The maximum atomic E-state index is 6.46. The summed E-state index contributed by atoms with van der Waals surface area (Å²) in [4.78, 5) is 16.3. The third-order valence-corrected chi connectivity index (χ3v) is 5.03. The molecule has 0 radical (unpaired) electrons. The summed E-state index contributed by atoms with van der Waals surface area (Å²) in [6, 6.07) is 10.2. The van der Waals surface area contributed by atoms with Crippen molar-refractivity contribution < 1.29 is 0 Å². The molecule has 0 bridgehead atoms. The summed E-state index contributed by atoms with van der Waals surface area (Å²) in [5.41, 5.74) is 6.61. The SMILES string of the molecule is Cc1ccncc1CCc1ccc(Cc2c[nH]c3ncccc23)c(Cl)n1. The standard InChI is InChI=1S/C21H19ClN4/c1-14-8-10-23-12-16(14)5-7-18-6-4-15(20(22)26-18)11-17-13-25-21-19(17)3-2-9-24-21/h2-4,6,8-10,12-13H,5,7,11H2,1H3,(H,24,25). The highest BCUT2D eigenvalue weighted by molar-refractivity contribution is 6.30. The first-order chi connectivity index (χ1) is 12.7.